The number of fused-ring (bicyclic) bond motifs is 3. The first-order valence-corrected chi connectivity index (χ1v) is 20.3. The molecule has 1 heteroatoms. The molecule has 0 bridgehead atoms. The molecule has 270 valence electrons. The lowest BCUT2D eigenvalue weighted by atomic mass is 9.68. The van der Waals surface area contributed by atoms with E-state index in [0.29, 0.717) is 0 Å². The molecular formula is C56H41N. The van der Waals surface area contributed by atoms with Crippen molar-refractivity contribution in [2.75, 3.05) is 0 Å². The zero-order chi connectivity index (χ0) is 38.2. The van der Waals surface area contributed by atoms with E-state index < -0.39 is 0 Å². The molecule has 3 heterocycles. The van der Waals surface area contributed by atoms with Crippen molar-refractivity contribution in [3.05, 3.63) is 198 Å². The highest BCUT2D eigenvalue weighted by molar-refractivity contribution is 6.16. The third-order valence-electron chi connectivity index (χ3n) is 13.5. The molecule has 12 rings (SSSR count). The van der Waals surface area contributed by atoms with Gasteiger partial charge in [0.25, 0.3) is 0 Å². The van der Waals surface area contributed by atoms with Crippen LogP contribution in [0.1, 0.15) is 49.9 Å². The van der Waals surface area contributed by atoms with Crippen molar-refractivity contribution in [3.8, 4) is 50.2 Å². The van der Waals surface area contributed by atoms with Gasteiger partial charge in [-0.05, 0) is 113 Å². The van der Waals surface area contributed by atoms with Crippen molar-refractivity contribution in [2.45, 2.75) is 38.5 Å². The molecule has 0 N–H and O–H groups in total. The Morgan fingerprint density at radius 2 is 0.702 bits per heavy atom. The summed E-state index contributed by atoms with van der Waals surface area (Å²) in [6.07, 6.45) is 0. The Bertz CT molecular complexity index is 3090. The Labute approximate surface area is 333 Å². The smallest absolute Gasteiger partial charge is 0.0582 e. The number of nitrogens with zero attached hydrogens (tertiary/aromatic N) is 1. The van der Waals surface area contributed by atoms with Gasteiger partial charge in [0.1, 0.15) is 0 Å². The van der Waals surface area contributed by atoms with Gasteiger partial charge >= 0.3 is 0 Å². The molecule has 0 saturated carbocycles. The molecule has 2 aliphatic rings. The molecule has 9 aromatic carbocycles. The molecule has 0 aliphatic carbocycles. The van der Waals surface area contributed by atoms with E-state index in [0.717, 1.165) is 0 Å². The minimum atomic E-state index is -0.180. The van der Waals surface area contributed by atoms with Crippen LogP contribution in [0.2, 0.25) is 0 Å². The Balaban J connectivity index is 1.07. The van der Waals surface area contributed by atoms with Gasteiger partial charge in [-0.1, -0.05) is 179 Å². The summed E-state index contributed by atoms with van der Waals surface area (Å²) in [6, 6.07) is 66.0. The molecule has 0 spiro atoms. The first-order valence-electron chi connectivity index (χ1n) is 20.3. The summed E-state index contributed by atoms with van der Waals surface area (Å²) in [5, 5.41) is 7.77. The van der Waals surface area contributed by atoms with E-state index in [1.165, 1.54) is 116 Å². The molecule has 0 amide bonds. The van der Waals surface area contributed by atoms with Crippen molar-refractivity contribution in [3.63, 3.8) is 0 Å². The Hall–Kier alpha value is -6.70. The van der Waals surface area contributed by atoms with Crippen molar-refractivity contribution < 1.29 is 0 Å². The van der Waals surface area contributed by atoms with E-state index >= 15 is 0 Å². The van der Waals surface area contributed by atoms with Crippen LogP contribution in [0.15, 0.2) is 176 Å². The predicted octanol–water partition coefficient (Wildman–Crippen LogP) is 15.0. The summed E-state index contributed by atoms with van der Waals surface area (Å²) >= 11 is 0. The second-order valence-corrected chi connectivity index (χ2v) is 17.3. The zero-order valence-corrected chi connectivity index (χ0v) is 32.7. The second-order valence-electron chi connectivity index (χ2n) is 17.3. The normalized spacial score (nSPS) is 14.6. The van der Waals surface area contributed by atoms with Crippen LogP contribution in [-0.4, -0.2) is 4.57 Å². The van der Waals surface area contributed by atoms with Crippen molar-refractivity contribution in [2.24, 2.45) is 0 Å². The van der Waals surface area contributed by atoms with Gasteiger partial charge in [0.05, 0.1) is 16.7 Å². The fraction of sp³-hybridized carbons (Fsp3) is 0.107. The summed E-state index contributed by atoms with van der Waals surface area (Å²) in [6.45, 7) is 9.71. The molecule has 57 heavy (non-hydrogen) atoms. The Morgan fingerprint density at radius 1 is 0.316 bits per heavy atom. The van der Waals surface area contributed by atoms with Crippen molar-refractivity contribution >= 4 is 43.4 Å². The van der Waals surface area contributed by atoms with Crippen LogP contribution < -0.4 is 0 Å². The van der Waals surface area contributed by atoms with Gasteiger partial charge in [0.2, 0.25) is 0 Å². The van der Waals surface area contributed by atoms with Gasteiger partial charge in [-0.2, -0.15) is 0 Å². The lowest BCUT2D eigenvalue weighted by molar-refractivity contribution is 0.594. The van der Waals surface area contributed by atoms with Gasteiger partial charge in [-0.25, -0.2) is 0 Å². The first kappa shape index (κ1) is 32.5. The lowest BCUT2D eigenvalue weighted by Crippen LogP contribution is -2.33. The summed E-state index contributed by atoms with van der Waals surface area (Å²) < 4.78 is 2.64. The van der Waals surface area contributed by atoms with Gasteiger partial charge in [-0.3, -0.25) is 0 Å². The number of hydrogen-bond donors (Lipinski definition) is 0. The lowest BCUT2D eigenvalue weighted by Gasteiger charge is -2.42. The van der Waals surface area contributed by atoms with Gasteiger partial charge in [-0.15, -0.1) is 0 Å². The number of rotatable bonds is 4. The number of benzene rings is 9. The monoisotopic (exact) mass is 727 g/mol. The summed E-state index contributed by atoms with van der Waals surface area (Å²) in [4.78, 5) is 0. The predicted molar refractivity (Wildman–Crippen MR) is 242 cm³/mol. The molecule has 2 aliphatic heterocycles. The van der Waals surface area contributed by atoms with Crippen LogP contribution in [0.5, 0.6) is 0 Å². The molecule has 10 aromatic rings. The van der Waals surface area contributed by atoms with E-state index in [1.54, 1.807) is 0 Å². The van der Waals surface area contributed by atoms with E-state index in [9.17, 15) is 0 Å². The highest BCUT2D eigenvalue weighted by Crippen LogP contribution is 2.56. The highest BCUT2D eigenvalue weighted by atomic mass is 15.0. The van der Waals surface area contributed by atoms with E-state index in [1.807, 2.05) is 0 Å². The summed E-state index contributed by atoms with van der Waals surface area (Å²) in [5.41, 5.74) is 19.3. The van der Waals surface area contributed by atoms with Gasteiger partial charge in [0, 0.05) is 21.6 Å². The standard InChI is InChI=1S/C56H41N/c1-55(2)48-20-11-21-49-54(48)57-52-46(30-40(32-50(52)55)34-22-26-38(27-23-34)44-18-9-14-36-12-5-7-16-42(36)44)47-31-41(33-51(53(47)57)56(49,3)4)35-24-28-39(29-25-35)45-19-10-15-37-13-6-8-17-43(37)45/h5-33H,1-4H3. The van der Waals surface area contributed by atoms with Crippen LogP contribution in [0.25, 0.3) is 93.5 Å². The minimum Gasteiger partial charge on any atom is -0.308 e. The number of aromatic nitrogens is 1. The van der Waals surface area contributed by atoms with Crippen molar-refractivity contribution in [1.29, 1.82) is 0 Å². The van der Waals surface area contributed by atoms with Crippen LogP contribution in [-0.2, 0) is 10.8 Å². The molecule has 0 saturated heterocycles. The first-order chi connectivity index (χ1) is 27.8. The topological polar surface area (TPSA) is 4.93 Å². The number of para-hydroxylation sites is 1. The Kier molecular flexibility index (Phi) is 6.53. The highest BCUT2D eigenvalue weighted by Gasteiger charge is 2.43. The zero-order valence-electron chi connectivity index (χ0n) is 32.7. The molecule has 0 atom stereocenters. The SMILES string of the molecule is CC1(C)c2cccc3c2-n2c4c1cc(-c1ccc(-c5cccc6ccccc56)cc1)cc4c1cc(-c4ccc(-c5cccc6ccccc56)cc4)cc(c12)C3(C)C. The third kappa shape index (κ3) is 4.46. The van der Waals surface area contributed by atoms with Crippen LogP contribution in [0.3, 0.4) is 0 Å². The van der Waals surface area contributed by atoms with E-state index in [4.69, 9.17) is 0 Å². The van der Waals surface area contributed by atoms with Crippen molar-refractivity contribution in [1.82, 2.24) is 4.57 Å². The average Bonchev–Trinajstić information content (AvgIpc) is 3.58. The quantitative estimate of drug-likeness (QED) is 0.170. The van der Waals surface area contributed by atoms with Gasteiger partial charge in [0.15, 0.2) is 0 Å². The third-order valence-corrected chi connectivity index (χ3v) is 13.5. The maximum atomic E-state index is 2.64. The average molecular weight is 728 g/mol. The minimum absolute atomic E-state index is 0.180. The molecule has 0 fully saturated rings. The maximum absolute atomic E-state index is 2.64. The van der Waals surface area contributed by atoms with Crippen LogP contribution in [0, 0.1) is 0 Å². The summed E-state index contributed by atoms with van der Waals surface area (Å²) in [5.74, 6) is 0. The largest absolute Gasteiger partial charge is 0.308 e. The molecule has 0 radical (unpaired) electrons. The Morgan fingerprint density at radius 3 is 1.16 bits per heavy atom. The fourth-order valence-electron chi connectivity index (χ4n) is 10.5. The maximum Gasteiger partial charge on any atom is 0.0582 e. The van der Waals surface area contributed by atoms with Gasteiger partial charge < -0.3 is 4.57 Å². The van der Waals surface area contributed by atoms with Crippen LogP contribution in [0.4, 0.5) is 0 Å². The molecular weight excluding hydrogens is 687 g/mol. The molecule has 0 unspecified atom stereocenters. The van der Waals surface area contributed by atoms with Crippen LogP contribution >= 0.6 is 0 Å². The number of hydrogen-bond acceptors (Lipinski definition) is 0. The molecule has 1 aromatic heterocycles. The second kappa shape index (κ2) is 11.4. The molecule has 1 nitrogen and oxygen atoms in total. The van der Waals surface area contributed by atoms with E-state index in [-0.39, 0.29) is 10.8 Å². The van der Waals surface area contributed by atoms with E-state index in [2.05, 4.69) is 208 Å². The summed E-state index contributed by atoms with van der Waals surface area (Å²) in [7, 11) is 0. The fourth-order valence-corrected chi connectivity index (χ4v) is 10.5.